The van der Waals surface area contributed by atoms with Gasteiger partial charge < -0.3 is 19.7 Å². The summed E-state index contributed by atoms with van der Waals surface area (Å²) in [6.07, 6.45) is 4.33. The molecule has 202 valence electrons. The molecule has 0 saturated heterocycles. The highest BCUT2D eigenvalue weighted by atomic mass is 16.5. The standard InChI is InChI=1S/C32H29N3O5/c1-22-27(8-5-9-30(22)25-6-3-2-4-7-25)21-39-29-11-10-26(17-35-18-28(19-36)32(37)38)31(13-29)40-20-24-12-23(14-33)15-34-16-24/h2-13,15-16,18,28,36H,17,19-21H2,1H3,(H,37,38). The molecule has 0 saturated carbocycles. The van der Waals surface area contributed by atoms with Gasteiger partial charge in [0.25, 0.3) is 0 Å². The third-order valence-corrected chi connectivity index (χ3v) is 6.34. The van der Waals surface area contributed by atoms with Crippen molar-refractivity contribution in [1.82, 2.24) is 4.98 Å². The number of carboxylic acid groups (broad SMARTS) is 1. The van der Waals surface area contributed by atoms with E-state index in [0.29, 0.717) is 29.2 Å². The molecule has 1 atom stereocenters. The first-order chi connectivity index (χ1) is 19.5. The molecule has 1 unspecified atom stereocenters. The van der Waals surface area contributed by atoms with Crippen molar-refractivity contribution >= 4 is 12.2 Å². The average molecular weight is 536 g/mol. The van der Waals surface area contributed by atoms with E-state index in [1.165, 1.54) is 12.4 Å². The Kier molecular flexibility index (Phi) is 9.59. The Morgan fingerprint density at radius 1 is 1.02 bits per heavy atom. The highest BCUT2D eigenvalue weighted by molar-refractivity contribution is 5.88. The third-order valence-electron chi connectivity index (χ3n) is 6.34. The molecule has 4 rings (SSSR count). The van der Waals surface area contributed by atoms with Gasteiger partial charge in [-0.05, 0) is 47.4 Å². The summed E-state index contributed by atoms with van der Waals surface area (Å²) in [5.41, 5.74) is 6.34. The smallest absolute Gasteiger partial charge is 0.314 e. The highest BCUT2D eigenvalue weighted by Gasteiger charge is 2.14. The summed E-state index contributed by atoms with van der Waals surface area (Å²) in [6, 6.07) is 25.5. The van der Waals surface area contributed by atoms with Crippen molar-refractivity contribution in [2.75, 3.05) is 6.61 Å². The van der Waals surface area contributed by atoms with Crippen LogP contribution in [0.2, 0.25) is 0 Å². The molecule has 0 spiro atoms. The van der Waals surface area contributed by atoms with Crippen LogP contribution < -0.4 is 9.47 Å². The van der Waals surface area contributed by atoms with E-state index in [-0.39, 0.29) is 13.2 Å². The monoisotopic (exact) mass is 535 g/mol. The summed E-state index contributed by atoms with van der Waals surface area (Å²) < 4.78 is 12.2. The predicted octanol–water partition coefficient (Wildman–Crippen LogP) is 5.35. The zero-order valence-corrected chi connectivity index (χ0v) is 22.0. The number of aliphatic imine (C=N–C) groups is 1. The molecular weight excluding hydrogens is 506 g/mol. The van der Waals surface area contributed by atoms with Crippen molar-refractivity contribution < 1.29 is 24.5 Å². The number of hydrogen-bond donors (Lipinski definition) is 2. The summed E-state index contributed by atoms with van der Waals surface area (Å²) in [5.74, 6) is -1.14. The van der Waals surface area contributed by atoms with Gasteiger partial charge in [0.2, 0.25) is 0 Å². The number of rotatable bonds is 12. The Morgan fingerprint density at radius 3 is 2.60 bits per heavy atom. The van der Waals surface area contributed by atoms with E-state index in [1.807, 2.05) is 42.5 Å². The Hall–Kier alpha value is -5.00. The summed E-state index contributed by atoms with van der Waals surface area (Å²) in [4.78, 5) is 19.5. The molecule has 3 aromatic carbocycles. The van der Waals surface area contributed by atoms with Crippen LogP contribution in [-0.4, -0.2) is 34.0 Å². The van der Waals surface area contributed by atoms with Crippen LogP contribution in [0.15, 0.2) is 90.2 Å². The molecule has 0 aliphatic rings. The van der Waals surface area contributed by atoms with E-state index >= 15 is 0 Å². The Labute approximate surface area is 232 Å². The number of aliphatic carboxylic acids is 1. The lowest BCUT2D eigenvalue weighted by atomic mass is 9.97. The molecule has 8 nitrogen and oxygen atoms in total. The van der Waals surface area contributed by atoms with Crippen LogP contribution >= 0.6 is 0 Å². The van der Waals surface area contributed by atoms with Gasteiger partial charge in [0.05, 0.1) is 18.7 Å². The quantitative estimate of drug-likeness (QED) is 0.234. The van der Waals surface area contributed by atoms with Crippen LogP contribution in [0, 0.1) is 24.2 Å². The second-order valence-corrected chi connectivity index (χ2v) is 9.11. The Morgan fingerprint density at radius 2 is 1.85 bits per heavy atom. The van der Waals surface area contributed by atoms with Gasteiger partial charge in [-0.2, -0.15) is 5.26 Å². The van der Waals surface area contributed by atoms with Gasteiger partial charge in [0.1, 0.15) is 36.7 Å². The fraction of sp³-hybridized carbons (Fsp3) is 0.188. The summed E-state index contributed by atoms with van der Waals surface area (Å²) in [7, 11) is 0. The Balaban J connectivity index is 1.54. The molecule has 0 radical (unpaired) electrons. The molecule has 0 aliphatic carbocycles. The van der Waals surface area contributed by atoms with Gasteiger partial charge in [-0.25, -0.2) is 0 Å². The van der Waals surface area contributed by atoms with Gasteiger partial charge in [-0.1, -0.05) is 48.5 Å². The number of carbonyl (C=O) groups is 1. The molecular formula is C32H29N3O5. The molecule has 1 heterocycles. The first-order valence-electron chi connectivity index (χ1n) is 12.7. The van der Waals surface area contributed by atoms with Crippen molar-refractivity contribution in [3.8, 4) is 28.7 Å². The number of aliphatic hydroxyl groups excluding tert-OH is 1. The number of nitriles is 1. The minimum atomic E-state index is -1.15. The lowest BCUT2D eigenvalue weighted by Crippen LogP contribution is -2.19. The van der Waals surface area contributed by atoms with Crippen molar-refractivity contribution in [3.63, 3.8) is 0 Å². The Bertz CT molecular complexity index is 1530. The molecule has 0 bridgehead atoms. The van der Waals surface area contributed by atoms with Gasteiger partial charge in [0, 0.05) is 35.8 Å². The van der Waals surface area contributed by atoms with Gasteiger partial charge in [-0.15, -0.1) is 0 Å². The van der Waals surface area contributed by atoms with Crippen molar-refractivity contribution in [2.24, 2.45) is 10.9 Å². The zero-order valence-electron chi connectivity index (χ0n) is 22.0. The largest absolute Gasteiger partial charge is 0.489 e. The highest BCUT2D eigenvalue weighted by Crippen LogP contribution is 2.29. The lowest BCUT2D eigenvalue weighted by Gasteiger charge is -2.15. The van der Waals surface area contributed by atoms with Crippen LogP contribution in [0.4, 0.5) is 0 Å². The maximum atomic E-state index is 11.2. The number of nitrogens with zero attached hydrogens (tertiary/aromatic N) is 3. The minimum Gasteiger partial charge on any atom is -0.489 e. The van der Waals surface area contributed by atoms with Gasteiger partial charge >= 0.3 is 5.97 Å². The average Bonchev–Trinajstić information content (AvgIpc) is 2.98. The fourth-order valence-electron chi connectivity index (χ4n) is 4.08. The summed E-state index contributed by atoms with van der Waals surface area (Å²) in [5, 5.41) is 27.6. The number of hydrogen-bond acceptors (Lipinski definition) is 7. The van der Waals surface area contributed by atoms with E-state index in [2.05, 4.69) is 41.2 Å². The molecule has 8 heteroatoms. The number of carboxylic acids is 1. The molecule has 2 N–H and O–H groups in total. The topological polar surface area (TPSA) is 125 Å². The first kappa shape index (κ1) is 28.0. The van der Waals surface area contributed by atoms with Crippen LogP contribution in [-0.2, 0) is 24.6 Å². The normalized spacial score (nSPS) is 11.6. The molecule has 0 amide bonds. The van der Waals surface area contributed by atoms with E-state index < -0.39 is 18.5 Å². The van der Waals surface area contributed by atoms with Crippen LogP contribution in [0.5, 0.6) is 11.5 Å². The fourth-order valence-corrected chi connectivity index (χ4v) is 4.08. The minimum absolute atomic E-state index is 0.147. The molecule has 1 aromatic heterocycles. The number of ether oxygens (including phenoxy) is 2. The third kappa shape index (κ3) is 7.31. The molecule has 40 heavy (non-hydrogen) atoms. The van der Waals surface area contributed by atoms with Crippen LogP contribution in [0.1, 0.15) is 27.8 Å². The number of pyridine rings is 1. The number of aliphatic hydroxyl groups is 1. The predicted molar refractivity (Wildman–Crippen MR) is 151 cm³/mol. The molecule has 0 aliphatic heterocycles. The van der Waals surface area contributed by atoms with E-state index in [9.17, 15) is 9.90 Å². The van der Waals surface area contributed by atoms with Crippen LogP contribution in [0.25, 0.3) is 11.1 Å². The van der Waals surface area contributed by atoms with E-state index in [1.54, 1.807) is 18.3 Å². The van der Waals surface area contributed by atoms with Gasteiger partial charge in [0.15, 0.2) is 0 Å². The van der Waals surface area contributed by atoms with Crippen molar-refractivity contribution in [2.45, 2.75) is 26.7 Å². The summed E-state index contributed by atoms with van der Waals surface area (Å²) >= 11 is 0. The first-order valence-corrected chi connectivity index (χ1v) is 12.7. The van der Waals surface area contributed by atoms with Crippen molar-refractivity contribution in [3.05, 3.63) is 113 Å². The van der Waals surface area contributed by atoms with E-state index in [0.717, 1.165) is 27.8 Å². The van der Waals surface area contributed by atoms with E-state index in [4.69, 9.17) is 19.8 Å². The zero-order chi connectivity index (χ0) is 28.3. The maximum absolute atomic E-state index is 11.2. The van der Waals surface area contributed by atoms with Crippen molar-refractivity contribution in [1.29, 1.82) is 5.26 Å². The second kappa shape index (κ2) is 13.7. The second-order valence-electron chi connectivity index (χ2n) is 9.11. The lowest BCUT2D eigenvalue weighted by molar-refractivity contribution is -0.140. The number of benzene rings is 3. The SMILES string of the molecule is Cc1c(COc2ccc(CN=CC(CO)C(=O)O)c(OCc3cncc(C#N)c3)c2)cccc1-c1ccccc1. The summed E-state index contributed by atoms with van der Waals surface area (Å²) in [6.45, 7) is 2.21. The molecule has 0 fully saturated rings. The molecule has 4 aromatic rings. The maximum Gasteiger partial charge on any atom is 0.314 e. The van der Waals surface area contributed by atoms with Gasteiger partial charge in [-0.3, -0.25) is 14.8 Å². The number of aromatic nitrogens is 1. The van der Waals surface area contributed by atoms with Crippen LogP contribution in [0.3, 0.4) is 0 Å².